The minimum Gasteiger partial charge on any atom is -0.299 e. The van der Waals surface area contributed by atoms with Crippen molar-refractivity contribution in [1.29, 1.82) is 0 Å². The van der Waals surface area contributed by atoms with E-state index in [2.05, 4.69) is 5.10 Å². The zero-order valence-corrected chi connectivity index (χ0v) is 10.3. The lowest BCUT2D eigenvalue weighted by molar-refractivity contribution is -0.117. The molecule has 0 aliphatic carbocycles. The van der Waals surface area contributed by atoms with Crippen LogP contribution >= 0.6 is 0 Å². The Morgan fingerprint density at radius 3 is 2.31 bits per heavy atom. The second kappa shape index (κ2) is 5.05. The number of carbonyl (C=O) groups excluding carboxylic acids is 2. The van der Waals surface area contributed by atoms with Gasteiger partial charge in [-0.1, -0.05) is 6.92 Å². The molecule has 0 amide bonds. The lowest BCUT2D eigenvalue weighted by Gasteiger charge is -2.01. The fraction of sp³-hybridized carbons (Fsp3) is 0.583. The maximum atomic E-state index is 11.9. The van der Waals surface area contributed by atoms with Gasteiger partial charge in [0.1, 0.15) is 5.78 Å². The standard InChI is InChI=1S/C12H18N2O2/c1-5-10(15)7-11(16)12-8(3)13-14(6-2)9(12)4/h5-7H2,1-4H3. The van der Waals surface area contributed by atoms with Gasteiger partial charge in [0, 0.05) is 18.7 Å². The van der Waals surface area contributed by atoms with E-state index in [0.29, 0.717) is 17.7 Å². The van der Waals surface area contributed by atoms with Crippen LogP contribution in [-0.2, 0) is 11.3 Å². The molecule has 0 aliphatic rings. The largest absolute Gasteiger partial charge is 0.299 e. The maximum absolute atomic E-state index is 11.9. The van der Waals surface area contributed by atoms with Gasteiger partial charge in [0.15, 0.2) is 5.78 Å². The van der Waals surface area contributed by atoms with Crippen LogP contribution in [0.2, 0.25) is 0 Å². The molecular weight excluding hydrogens is 204 g/mol. The van der Waals surface area contributed by atoms with Crippen molar-refractivity contribution in [2.75, 3.05) is 0 Å². The van der Waals surface area contributed by atoms with E-state index in [1.54, 1.807) is 11.6 Å². The number of aromatic nitrogens is 2. The Bertz CT molecular complexity index is 419. The maximum Gasteiger partial charge on any atom is 0.173 e. The van der Waals surface area contributed by atoms with Gasteiger partial charge in [-0.3, -0.25) is 14.3 Å². The van der Waals surface area contributed by atoms with Gasteiger partial charge in [0.2, 0.25) is 0 Å². The summed E-state index contributed by atoms with van der Waals surface area (Å²) in [4.78, 5) is 23.2. The molecule has 0 atom stereocenters. The van der Waals surface area contributed by atoms with Crippen molar-refractivity contribution in [3.05, 3.63) is 17.0 Å². The highest BCUT2D eigenvalue weighted by Gasteiger charge is 2.19. The molecule has 1 heterocycles. The molecule has 1 aromatic heterocycles. The Hall–Kier alpha value is -1.45. The van der Waals surface area contributed by atoms with Gasteiger partial charge in [-0.2, -0.15) is 5.10 Å². The number of hydrogen-bond donors (Lipinski definition) is 0. The van der Waals surface area contributed by atoms with Crippen LogP contribution in [-0.4, -0.2) is 21.3 Å². The van der Waals surface area contributed by atoms with E-state index in [9.17, 15) is 9.59 Å². The third kappa shape index (κ3) is 2.38. The smallest absolute Gasteiger partial charge is 0.173 e. The third-order valence-electron chi connectivity index (χ3n) is 2.71. The zero-order valence-electron chi connectivity index (χ0n) is 10.3. The molecule has 0 fully saturated rings. The van der Waals surface area contributed by atoms with E-state index in [1.165, 1.54) is 0 Å². The first kappa shape index (κ1) is 12.6. The van der Waals surface area contributed by atoms with Gasteiger partial charge >= 0.3 is 0 Å². The molecule has 1 aromatic rings. The molecule has 16 heavy (non-hydrogen) atoms. The molecule has 4 nitrogen and oxygen atoms in total. The van der Waals surface area contributed by atoms with E-state index >= 15 is 0 Å². The summed E-state index contributed by atoms with van der Waals surface area (Å²) in [5.74, 6) is -0.130. The molecule has 0 spiro atoms. The van der Waals surface area contributed by atoms with Crippen LogP contribution in [0.5, 0.6) is 0 Å². The first-order valence-electron chi connectivity index (χ1n) is 5.60. The second-order valence-corrected chi connectivity index (χ2v) is 3.85. The van der Waals surface area contributed by atoms with Crippen LogP contribution in [0.4, 0.5) is 0 Å². The van der Waals surface area contributed by atoms with Crippen LogP contribution in [0.1, 0.15) is 48.4 Å². The highest BCUT2D eigenvalue weighted by atomic mass is 16.1. The summed E-state index contributed by atoms with van der Waals surface area (Å²) in [7, 11) is 0. The molecule has 88 valence electrons. The summed E-state index contributed by atoms with van der Waals surface area (Å²) in [5, 5.41) is 4.27. The molecule has 0 aromatic carbocycles. The summed E-state index contributed by atoms with van der Waals surface area (Å²) in [6.07, 6.45) is 0.402. The third-order valence-corrected chi connectivity index (χ3v) is 2.71. The minimum absolute atomic E-state index is 0.00636. The number of aryl methyl sites for hydroxylation is 2. The number of rotatable bonds is 5. The molecule has 4 heteroatoms. The second-order valence-electron chi connectivity index (χ2n) is 3.85. The lowest BCUT2D eigenvalue weighted by atomic mass is 10.0. The summed E-state index contributed by atoms with van der Waals surface area (Å²) in [5.41, 5.74) is 2.19. The van der Waals surface area contributed by atoms with Gasteiger partial charge in [-0.15, -0.1) is 0 Å². The van der Waals surface area contributed by atoms with Crippen molar-refractivity contribution >= 4 is 11.6 Å². The normalized spacial score (nSPS) is 10.5. The van der Waals surface area contributed by atoms with Crippen molar-refractivity contribution in [3.8, 4) is 0 Å². The fourth-order valence-corrected chi connectivity index (χ4v) is 1.80. The van der Waals surface area contributed by atoms with Crippen LogP contribution in [0.3, 0.4) is 0 Å². The number of ketones is 2. The number of nitrogens with zero attached hydrogens (tertiary/aromatic N) is 2. The van der Waals surface area contributed by atoms with Gasteiger partial charge in [-0.25, -0.2) is 0 Å². The molecular formula is C12H18N2O2. The summed E-state index contributed by atoms with van der Waals surface area (Å²) in [6, 6.07) is 0. The Kier molecular flexibility index (Phi) is 3.99. The SMILES string of the molecule is CCC(=O)CC(=O)c1c(C)nn(CC)c1C. The number of Topliss-reactive ketones (excluding diaryl/α,β-unsaturated/α-hetero) is 2. The van der Waals surface area contributed by atoms with Crippen molar-refractivity contribution in [2.24, 2.45) is 0 Å². The van der Waals surface area contributed by atoms with Crippen LogP contribution in [0.15, 0.2) is 0 Å². The topological polar surface area (TPSA) is 52.0 Å². The summed E-state index contributed by atoms with van der Waals surface area (Å²) < 4.78 is 1.79. The zero-order chi connectivity index (χ0) is 12.3. The highest BCUT2D eigenvalue weighted by molar-refractivity contribution is 6.09. The molecule has 0 unspecified atom stereocenters. The van der Waals surface area contributed by atoms with Crippen molar-refractivity contribution < 1.29 is 9.59 Å². The van der Waals surface area contributed by atoms with Crippen molar-refractivity contribution in [3.63, 3.8) is 0 Å². The van der Waals surface area contributed by atoms with Crippen LogP contribution in [0.25, 0.3) is 0 Å². The Labute approximate surface area is 95.6 Å². The van der Waals surface area contributed by atoms with E-state index in [-0.39, 0.29) is 18.0 Å². The van der Waals surface area contributed by atoms with E-state index in [4.69, 9.17) is 0 Å². The average Bonchev–Trinajstić information content (AvgIpc) is 2.53. The molecule has 0 aliphatic heterocycles. The molecule has 0 saturated heterocycles. The monoisotopic (exact) mass is 222 g/mol. The number of hydrogen-bond acceptors (Lipinski definition) is 3. The lowest BCUT2D eigenvalue weighted by Crippen LogP contribution is -2.09. The molecule has 0 radical (unpaired) electrons. The van der Waals surface area contributed by atoms with Gasteiger partial charge in [0.05, 0.1) is 17.7 Å². The van der Waals surface area contributed by atoms with Gasteiger partial charge in [0.25, 0.3) is 0 Å². The van der Waals surface area contributed by atoms with Crippen LogP contribution < -0.4 is 0 Å². The molecule has 0 bridgehead atoms. The summed E-state index contributed by atoms with van der Waals surface area (Å²) in [6.45, 7) is 8.16. The van der Waals surface area contributed by atoms with Gasteiger partial charge < -0.3 is 0 Å². The van der Waals surface area contributed by atoms with Gasteiger partial charge in [-0.05, 0) is 20.8 Å². The average molecular weight is 222 g/mol. The first-order chi connectivity index (χ1) is 7.51. The molecule has 0 N–H and O–H groups in total. The predicted molar refractivity (Wildman–Crippen MR) is 61.6 cm³/mol. The summed E-state index contributed by atoms with van der Waals surface area (Å²) >= 11 is 0. The van der Waals surface area contributed by atoms with E-state index < -0.39 is 0 Å². The molecule has 0 saturated carbocycles. The Morgan fingerprint density at radius 1 is 1.25 bits per heavy atom. The minimum atomic E-state index is -0.110. The van der Waals surface area contributed by atoms with Crippen molar-refractivity contribution in [1.82, 2.24) is 9.78 Å². The Morgan fingerprint density at radius 2 is 1.88 bits per heavy atom. The quantitative estimate of drug-likeness (QED) is 0.566. The highest BCUT2D eigenvalue weighted by Crippen LogP contribution is 2.15. The fourth-order valence-electron chi connectivity index (χ4n) is 1.80. The molecule has 1 rings (SSSR count). The number of carbonyl (C=O) groups is 2. The predicted octanol–water partition coefficient (Wildman–Crippen LogP) is 2.07. The van der Waals surface area contributed by atoms with Crippen LogP contribution in [0, 0.1) is 13.8 Å². The first-order valence-corrected chi connectivity index (χ1v) is 5.60. The Balaban J connectivity index is 2.99. The van der Waals surface area contributed by atoms with E-state index in [0.717, 1.165) is 12.2 Å². The van der Waals surface area contributed by atoms with Crippen molar-refractivity contribution in [2.45, 2.75) is 47.1 Å². The van der Waals surface area contributed by atoms with E-state index in [1.807, 2.05) is 20.8 Å².